The number of hydrogen-bond donors (Lipinski definition) is 1. The smallest absolute Gasteiger partial charge is 0.127 e. The van der Waals surface area contributed by atoms with E-state index >= 15 is 0 Å². The van der Waals surface area contributed by atoms with Crippen LogP contribution in [-0.4, -0.2) is 22.3 Å². The molecule has 0 radical (unpaired) electrons. The van der Waals surface area contributed by atoms with Crippen LogP contribution in [0.3, 0.4) is 0 Å². The Balaban J connectivity index is 1.31. The molecule has 0 atom stereocenters. The first-order valence-electron chi connectivity index (χ1n) is 8.02. The highest BCUT2D eigenvalue weighted by Crippen LogP contribution is 2.25. The Morgan fingerprint density at radius 1 is 0.917 bits per heavy atom. The molecule has 3 nitrogen and oxygen atoms in total. The van der Waals surface area contributed by atoms with Crippen LogP contribution in [0.25, 0.3) is 21.8 Å². The van der Waals surface area contributed by atoms with E-state index in [9.17, 15) is 0 Å². The van der Waals surface area contributed by atoms with Crippen LogP contribution in [0.5, 0.6) is 5.75 Å². The molecule has 4 aromatic rings. The lowest BCUT2D eigenvalue weighted by atomic mass is 10.1. The Morgan fingerprint density at radius 2 is 1.75 bits per heavy atom. The van der Waals surface area contributed by atoms with E-state index in [-0.39, 0.29) is 0 Å². The standard InChI is InChI=1S/C20H18N2OS/c1-2-8-16-15(6-1)7-5-11-19(16)23-12-13-24-14-20-21-17-9-3-4-10-18(17)22-20/h1-11H,12-14H2,(H,21,22). The lowest BCUT2D eigenvalue weighted by molar-refractivity contribution is 0.348. The van der Waals surface area contributed by atoms with E-state index in [4.69, 9.17) is 4.74 Å². The zero-order valence-corrected chi connectivity index (χ0v) is 14.1. The Morgan fingerprint density at radius 3 is 2.71 bits per heavy atom. The van der Waals surface area contributed by atoms with Crippen molar-refractivity contribution in [3.8, 4) is 5.75 Å². The summed E-state index contributed by atoms with van der Waals surface area (Å²) in [6.07, 6.45) is 0. The van der Waals surface area contributed by atoms with Crippen molar-refractivity contribution >= 4 is 33.6 Å². The molecule has 0 saturated heterocycles. The molecule has 1 heterocycles. The molecule has 24 heavy (non-hydrogen) atoms. The molecule has 0 spiro atoms. The maximum absolute atomic E-state index is 5.96. The molecule has 0 bridgehead atoms. The van der Waals surface area contributed by atoms with E-state index in [1.54, 1.807) is 0 Å². The van der Waals surface area contributed by atoms with Gasteiger partial charge in [0, 0.05) is 11.1 Å². The Hall–Kier alpha value is -2.46. The van der Waals surface area contributed by atoms with Crippen molar-refractivity contribution in [2.45, 2.75) is 5.75 Å². The predicted octanol–water partition coefficient (Wildman–Crippen LogP) is 5.03. The average molecular weight is 334 g/mol. The van der Waals surface area contributed by atoms with Gasteiger partial charge >= 0.3 is 0 Å². The lowest BCUT2D eigenvalue weighted by Gasteiger charge is -2.08. The molecule has 0 fully saturated rings. The zero-order chi connectivity index (χ0) is 16.2. The zero-order valence-electron chi connectivity index (χ0n) is 13.2. The molecule has 120 valence electrons. The van der Waals surface area contributed by atoms with Crippen molar-refractivity contribution in [3.05, 3.63) is 72.6 Å². The molecule has 4 heteroatoms. The van der Waals surface area contributed by atoms with Crippen molar-refractivity contribution in [2.24, 2.45) is 0 Å². The number of H-pyrrole nitrogens is 1. The van der Waals surface area contributed by atoms with Crippen LogP contribution in [0.4, 0.5) is 0 Å². The van der Waals surface area contributed by atoms with Crippen molar-refractivity contribution in [1.82, 2.24) is 9.97 Å². The fraction of sp³-hybridized carbons (Fsp3) is 0.150. The Kier molecular flexibility index (Phi) is 4.38. The second-order valence-corrected chi connectivity index (χ2v) is 6.68. The molecular weight excluding hydrogens is 316 g/mol. The molecule has 0 aliphatic heterocycles. The minimum Gasteiger partial charge on any atom is -0.492 e. The number of aromatic amines is 1. The first-order valence-corrected chi connectivity index (χ1v) is 9.17. The third-order valence-electron chi connectivity index (χ3n) is 3.91. The maximum atomic E-state index is 5.96. The van der Waals surface area contributed by atoms with Gasteiger partial charge in [0.15, 0.2) is 0 Å². The van der Waals surface area contributed by atoms with Gasteiger partial charge in [-0.05, 0) is 23.6 Å². The highest BCUT2D eigenvalue weighted by Gasteiger charge is 2.03. The molecule has 0 saturated carbocycles. The number of nitrogens with one attached hydrogen (secondary N) is 1. The normalized spacial score (nSPS) is 11.2. The van der Waals surface area contributed by atoms with E-state index < -0.39 is 0 Å². The van der Waals surface area contributed by atoms with Gasteiger partial charge in [-0.1, -0.05) is 48.5 Å². The molecule has 3 aromatic carbocycles. The summed E-state index contributed by atoms with van der Waals surface area (Å²) in [5.41, 5.74) is 2.13. The largest absolute Gasteiger partial charge is 0.492 e. The summed E-state index contributed by atoms with van der Waals surface area (Å²) >= 11 is 1.83. The summed E-state index contributed by atoms with van der Waals surface area (Å²) < 4.78 is 5.96. The van der Waals surface area contributed by atoms with Gasteiger partial charge in [0.25, 0.3) is 0 Å². The van der Waals surface area contributed by atoms with Crippen molar-refractivity contribution in [3.63, 3.8) is 0 Å². The van der Waals surface area contributed by atoms with Gasteiger partial charge in [0.05, 0.1) is 23.4 Å². The molecule has 0 unspecified atom stereocenters. The van der Waals surface area contributed by atoms with E-state index in [0.29, 0.717) is 6.61 Å². The van der Waals surface area contributed by atoms with Crippen LogP contribution < -0.4 is 4.74 Å². The highest BCUT2D eigenvalue weighted by molar-refractivity contribution is 7.98. The second kappa shape index (κ2) is 6.97. The summed E-state index contributed by atoms with van der Waals surface area (Å²) in [4.78, 5) is 7.95. The van der Waals surface area contributed by atoms with Crippen LogP contribution >= 0.6 is 11.8 Å². The number of thioether (sulfide) groups is 1. The molecule has 4 rings (SSSR count). The van der Waals surface area contributed by atoms with Crippen molar-refractivity contribution in [1.29, 1.82) is 0 Å². The predicted molar refractivity (Wildman–Crippen MR) is 102 cm³/mol. The summed E-state index contributed by atoms with van der Waals surface area (Å²) in [5, 5.41) is 2.38. The van der Waals surface area contributed by atoms with Crippen LogP contribution in [0, 0.1) is 0 Å². The van der Waals surface area contributed by atoms with Crippen LogP contribution in [0.2, 0.25) is 0 Å². The fourth-order valence-electron chi connectivity index (χ4n) is 2.77. The molecule has 1 aromatic heterocycles. The number of imidazole rings is 1. The monoisotopic (exact) mass is 334 g/mol. The molecule has 0 aliphatic rings. The summed E-state index contributed by atoms with van der Waals surface area (Å²) in [7, 11) is 0. The highest BCUT2D eigenvalue weighted by atomic mass is 32.2. The topological polar surface area (TPSA) is 37.9 Å². The number of aromatic nitrogens is 2. The number of benzene rings is 3. The maximum Gasteiger partial charge on any atom is 0.127 e. The van der Waals surface area contributed by atoms with Gasteiger partial charge in [-0.15, -0.1) is 0 Å². The van der Waals surface area contributed by atoms with E-state index in [1.165, 1.54) is 10.8 Å². The van der Waals surface area contributed by atoms with Gasteiger partial charge < -0.3 is 9.72 Å². The SMILES string of the molecule is c1ccc2c(OCCSCc3nc4ccccc4[nH]3)cccc2c1. The first kappa shape index (κ1) is 15.1. The van der Waals surface area contributed by atoms with Crippen molar-refractivity contribution < 1.29 is 4.74 Å². The van der Waals surface area contributed by atoms with Gasteiger partial charge in [-0.3, -0.25) is 0 Å². The fourth-order valence-corrected chi connectivity index (χ4v) is 3.45. The average Bonchev–Trinajstić information content (AvgIpc) is 3.04. The Bertz CT molecular complexity index is 926. The molecule has 1 N–H and O–H groups in total. The number of ether oxygens (including phenoxy) is 1. The molecule has 0 amide bonds. The van der Waals surface area contributed by atoms with Gasteiger partial charge in [-0.2, -0.15) is 11.8 Å². The number of para-hydroxylation sites is 2. The molecule has 0 aliphatic carbocycles. The van der Waals surface area contributed by atoms with Crippen molar-refractivity contribution in [2.75, 3.05) is 12.4 Å². The van der Waals surface area contributed by atoms with E-state index in [2.05, 4.69) is 40.3 Å². The summed E-state index contributed by atoms with van der Waals surface area (Å²) in [6.45, 7) is 0.693. The van der Waals surface area contributed by atoms with Crippen LogP contribution in [0.1, 0.15) is 5.82 Å². The van der Waals surface area contributed by atoms with Gasteiger partial charge in [0.2, 0.25) is 0 Å². The second-order valence-electron chi connectivity index (χ2n) is 5.58. The van der Waals surface area contributed by atoms with E-state index in [0.717, 1.165) is 34.1 Å². The first-order chi connectivity index (χ1) is 11.9. The number of nitrogens with zero attached hydrogens (tertiary/aromatic N) is 1. The number of rotatable bonds is 6. The quantitative estimate of drug-likeness (QED) is 0.503. The van der Waals surface area contributed by atoms with Gasteiger partial charge in [0.1, 0.15) is 11.6 Å². The summed E-state index contributed by atoms with van der Waals surface area (Å²) in [6, 6.07) is 22.6. The third-order valence-corrected chi connectivity index (χ3v) is 4.84. The van der Waals surface area contributed by atoms with Crippen LogP contribution in [0.15, 0.2) is 66.7 Å². The number of hydrogen-bond acceptors (Lipinski definition) is 3. The minimum absolute atomic E-state index is 0.693. The van der Waals surface area contributed by atoms with Crippen LogP contribution in [-0.2, 0) is 5.75 Å². The minimum atomic E-state index is 0.693. The number of fused-ring (bicyclic) bond motifs is 2. The van der Waals surface area contributed by atoms with E-state index in [1.807, 2.05) is 48.2 Å². The Labute approximate surface area is 145 Å². The lowest BCUT2D eigenvalue weighted by Crippen LogP contribution is -2.01. The third kappa shape index (κ3) is 3.24. The molecular formula is C20H18N2OS. The van der Waals surface area contributed by atoms with Gasteiger partial charge in [-0.25, -0.2) is 4.98 Å². The summed E-state index contributed by atoms with van der Waals surface area (Å²) in [5.74, 6) is 3.78.